The van der Waals surface area contributed by atoms with Gasteiger partial charge in [-0.1, -0.05) is 19.9 Å². The molecule has 3 fully saturated rings. The van der Waals surface area contributed by atoms with Crippen molar-refractivity contribution in [2.24, 2.45) is 22.7 Å². The van der Waals surface area contributed by atoms with Crippen LogP contribution in [0, 0.1) is 22.7 Å². The fourth-order valence-electron chi connectivity index (χ4n) is 7.04. The summed E-state index contributed by atoms with van der Waals surface area (Å²) in [7, 11) is 1.57. The van der Waals surface area contributed by atoms with Crippen molar-refractivity contribution < 1.29 is 29.3 Å². The number of benzene rings is 1. The Kier molecular flexibility index (Phi) is 7.62. The molecule has 1 aromatic carbocycles. The Hall–Kier alpha value is -2.32. The highest BCUT2D eigenvalue weighted by Gasteiger charge is 2.60. The summed E-state index contributed by atoms with van der Waals surface area (Å²) in [4.78, 5) is 27.7. The SMILES string of the molecule is COc1cccc(NC(=O)OC2CCC3(C)C(CC(=O)N4CCCC4)C(O)CCC3C2(C)CO)c1. The molecule has 2 amide bonds. The van der Waals surface area contributed by atoms with Gasteiger partial charge < -0.3 is 24.6 Å². The minimum Gasteiger partial charge on any atom is -0.497 e. The van der Waals surface area contributed by atoms with Crippen LogP contribution in [0.15, 0.2) is 24.3 Å². The van der Waals surface area contributed by atoms with Crippen LogP contribution in [0.3, 0.4) is 0 Å². The van der Waals surface area contributed by atoms with Gasteiger partial charge in [0.05, 0.1) is 19.8 Å². The smallest absolute Gasteiger partial charge is 0.411 e. The summed E-state index contributed by atoms with van der Waals surface area (Å²) in [5.74, 6) is 0.594. The third-order valence-corrected chi connectivity index (χ3v) is 9.09. The van der Waals surface area contributed by atoms with Gasteiger partial charge in [0.1, 0.15) is 11.9 Å². The molecule has 6 unspecified atom stereocenters. The molecule has 0 radical (unpaired) electrons. The van der Waals surface area contributed by atoms with Crippen molar-refractivity contribution in [1.29, 1.82) is 0 Å². The number of aliphatic hydroxyl groups excluding tert-OH is 2. The van der Waals surface area contributed by atoms with E-state index in [2.05, 4.69) is 12.2 Å². The van der Waals surface area contributed by atoms with E-state index in [1.165, 1.54) is 0 Å². The minimum absolute atomic E-state index is 0.0168. The standard InChI is InChI=1S/C27H40N2O6/c1-26-12-11-23(35-25(33)28-18-7-6-8-19(15-18)34-3)27(2,17-30)22(26)10-9-21(31)20(26)16-24(32)29-13-4-5-14-29/h6-8,15,20-23,30-31H,4-5,9-14,16-17H2,1-3H3,(H,28,33). The van der Waals surface area contributed by atoms with Crippen molar-refractivity contribution >= 4 is 17.7 Å². The Balaban J connectivity index is 1.49. The largest absolute Gasteiger partial charge is 0.497 e. The highest BCUT2D eigenvalue weighted by molar-refractivity contribution is 5.85. The van der Waals surface area contributed by atoms with E-state index in [1.54, 1.807) is 31.4 Å². The Morgan fingerprint density at radius 2 is 1.91 bits per heavy atom. The van der Waals surface area contributed by atoms with Gasteiger partial charge in [0.2, 0.25) is 5.91 Å². The summed E-state index contributed by atoms with van der Waals surface area (Å²) in [6.45, 7) is 5.61. The third-order valence-electron chi connectivity index (χ3n) is 9.09. The lowest BCUT2D eigenvalue weighted by atomic mass is 9.46. The molecule has 1 saturated heterocycles. The Bertz CT molecular complexity index is 919. The average Bonchev–Trinajstić information content (AvgIpc) is 3.38. The number of aliphatic hydroxyl groups is 2. The highest BCUT2D eigenvalue weighted by Crippen LogP contribution is 2.61. The third kappa shape index (κ3) is 5.00. The van der Waals surface area contributed by atoms with Gasteiger partial charge in [0.15, 0.2) is 0 Å². The number of methoxy groups -OCH3 is 1. The molecule has 2 aliphatic carbocycles. The number of carbonyl (C=O) groups excluding carboxylic acids is 2. The Morgan fingerprint density at radius 3 is 2.60 bits per heavy atom. The molecule has 3 aliphatic rings. The van der Waals surface area contributed by atoms with E-state index in [0.717, 1.165) is 38.8 Å². The van der Waals surface area contributed by atoms with Crippen molar-refractivity contribution in [2.75, 3.05) is 32.1 Å². The predicted molar refractivity (Wildman–Crippen MR) is 132 cm³/mol. The van der Waals surface area contributed by atoms with E-state index >= 15 is 0 Å². The Morgan fingerprint density at radius 1 is 1.17 bits per heavy atom. The number of ether oxygens (including phenoxy) is 2. The summed E-state index contributed by atoms with van der Waals surface area (Å²) in [5, 5.41) is 24.3. The zero-order valence-corrected chi connectivity index (χ0v) is 21.2. The van der Waals surface area contributed by atoms with Gasteiger partial charge in [-0.2, -0.15) is 0 Å². The molecule has 1 aromatic rings. The van der Waals surface area contributed by atoms with Crippen LogP contribution in [0.4, 0.5) is 10.5 Å². The topological polar surface area (TPSA) is 108 Å². The van der Waals surface area contributed by atoms with Crippen LogP contribution in [0.25, 0.3) is 0 Å². The highest BCUT2D eigenvalue weighted by atomic mass is 16.6. The number of carbonyl (C=O) groups is 2. The van der Waals surface area contributed by atoms with E-state index in [4.69, 9.17) is 9.47 Å². The van der Waals surface area contributed by atoms with E-state index < -0.39 is 23.7 Å². The maximum atomic E-state index is 13.0. The molecule has 1 heterocycles. The molecule has 3 N–H and O–H groups in total. The second-order valence-corrected chi connectivity index (χ2v) is 11.1. The molecular formula is C27H40N2O6. The van der Waals surface area contributed by atoms with Crippen molar-refractivity contribution in [3.8, 4) is 5.75 Å². The maximum Gasteiger partial charge on any atom is 0.411 e. The van der Waals surface area contributed by atoms with Crippen molar-refractivity contribution in [3.05, 3.63) is 24.3 Å². The monoisotopic (exact) mass is 488 g/mol. The number of anilines is 1. The lowest BCUT2D eigenvalue weighted by Gasteiger charge is -2.60. The molecule has 6 atom stereocenters. The zero-order valence-electron chi connectivity index (χ0n) is 21.2. The fraction of sp³-hybridized carbons (Fsp3) is 0.704. The number of hydrogen-bond acceptors (Lipinski definition) is 6. The normalized spacial score (nSPS) is 34.7. The number of likely N-dealkylation sites (tertiary alicyclic amines) is 1. The molecule has 4 rings (SSSR count). The number of amides is 2. The van der Waals surface area contributed by atoms with E-state index in [9.17, 15) is 19.8 Å². The molecule has 194 valence electrons. The quantitative estimate of drug-likeness (QED) is 0.562. The van der Waals surface area contributed by atoms with Gasteiger partial charge in [-0.25, -0.2) is 4.79 Å². The second-order valence-electron chi connectivity index (χ2n) is 11.1. The molecule has 0 aromatic heterocycles. The van der Waals surface area contributed by atoms with Gasteiger partial charge in [-0.05, 0) is 67.9 Å². The lowest BCUT2D eigenvalue weighted by molar-refractivity contribution is -0.186. The first kappa shape index (κ1) is 25.8. The first-order valence-corrected chi connectivity index (χ1v) is 12.9. The minimum atomic E-state index is -0.673. The number of fused-ring (bicyclic) bond motifs is 1. The molecule has 0 bridgehead atoms. The van der Waals surface area contributed by atoms with E-state index in [1.807, 2.05) is 11.8 Å². The first-order valence-electron chi connectivity index (χ1n) is 12.9. The van der Waals surface area contributed by atoms with E-state index in [0.29, 0.717) is 30.7 Å². The van der Waals surface area contributed by atoms with Crippen LogP contribution in [0.2, 0.25) is 0 Å². The van der Waals surface area contributed by atoms with Gasteiger partial charge in [-0.15, -0.1) is 0 Å². The summed E-state index contributed by atoms with van der Waals surface area (Å²) >= 11 is 0. The van der Waals surface area contributed by atoms with Gasteiger partial charge >= 0.3 is 6.09 Å². The zero-order chi connectivity index (χ0) is 25.2. The molecule has 8 nitrogen and oxygen atoms in total. The number of rotatable bonds is 6. The molecular weight excluding hydrogens is 448 g/mol. The Labute approximate surface area is 208 Å². The first-order chi connectivity index (χ1) is 16.7. The van der Waals surface area contributed by atoms with Crippen LogP contribution < -0.4 is 10.1 Å². The summed E-state index contributed by atoms with van der Waals surface area (Å²) in [5.41, 5.74) is -0.427. The number of nitrogens with zero attached hydrogens (tertiary/aromatic N) is 1. The maximum absolute atomic E-state index is 13.0. The van der Waals surface area contributed by atoms with Crippen LogP contribution >= 0.6 is 0 Å². The molecule has 35 heavy (non-hydrogen) atoms. The van der Waals surface area contributed by atoms with Crippen LogP contribution in [0.1, 0.15) is 58.8 Å². The van der Waals surface area contributed by atoms with Crippen molar-refractivity contribution in [3.63, 3.8) is 0 Å². The van der Waals surface area contributed by atoms with E-state index in [-0.39, 0.29) is 29.8 Å². The van der Waals surface area contributed by atoms with Crippen molar-refractivity contribution in [2.45, 2.75) is 71.0 Å². The van der Waals surface area contributed by atoms with Gasteiger partial charge in [0.25, 0.3) is 0 Å². The summed E-state index contributed by atoms with van der Waals surface area (Å²) in [6.07, 6.45) is 3.42. The van der Waals surface area contributed by atoms with Crippen LogP contribution in [-0.4, -0.2) is 66.1 Å². The van der Waals surface area contributed by atoms with Crippen LogP contribution in [0.5, 0.6) is 5.75 Å². The van der Waals surface area contributed by atoms with Gasteiger partial charge in [0, 0.05) is 36.7 Å². The number of hydrogen-bond donors (Lipinski definition) is 3. The summed E-state index contributed by atoms with van der Waals surface area (Å²) < 4.78 is 11.1. The lowest BCUT2D eigenvalue weighted by Crippen LogP contribution is -2.61. The van der Waals surface area contributed by atoms with Gasteiger partial charge in [-0.3, -0.25) is 10.1 Å². The second kappa shape index (κ2) is 10.3. The molecule has 0 spiro atoms. The van der Waals surface area contributed by atoms with Crippen LogP contribution in [-0.2, 0) is 9.53 Å². The molecule has 1 aliphatic heterocycles. The number of nitrogens with one attached hydrogen (secondary N) is 1. The average molecular weight is 489 g/mol. The molecule has 8 heteroatoms. The molecule has 2 saturated carbocycles. The summed E-state index contributed by atoms with van der Waals surface area (Å²) in [6, 6.07) is 7.06. The predicted octanol–water partition coefficient (Wildman–Crippen LogP) is 3.81. The fourth-order valence-corrected chi connectivity index (χ4v) is 7.04. The van der Waals surface area contributed by atoms with Crippen molar-refractivity contribution in [1.82, 2.24) is 4.90 Å².